The number of nitrogens with zero attached hydrogens (tertiary/aromatic N) is 4. The Morgan fingerprint density at radius 1 is 1.14 bits per heavy atom. The van der Waals surface area contributed by atoms with E-state index in [0.29, 0.717) is 6.54 Å². The number of hydrogen-bond donors (Lipinski definition) is 1. The highest BCUT2D eigenvalue weighted by Crippen LogP contribution is 2.21. The van der Waals surface area contributed by atoms with E-state index in [0.717, 1.165) is 22.3 Å². The minimum atomic E-state index is 0.0510. The van der Waals surface area contributed by atoms with Gasteiger partial charge in [-0.05, 0) is 45.0 Å². The second kappa shape index (κ2) is 5.26. The van der Waals surface area contributed by atoms with Crippen LogP contribution < -0.4 is 5.32 Å². The van der Waals surface area contributed by atoms with Crippen LogP contribution in [0.2, 0.25) is 0 Å². The molecule has 0 aliphatic rings. The molecule has 0 aliphatic heterocycles. The van der Waals surface area contributed by atoms with Gasteiger partial charge in [-0.2, -0.15) is 0 Å². The lowest BCUT2D eigenvalue weighted by atomic mass is 10.1. The Balaban J connectivity index is 2.02. The fourth-order valence-corrected chi connectivity index (χ4v) is 2.21. The van der Waals surface area contributed by atoms with Crippen molar-refractivity contribution in [2.45, 2.75) is 32.9 Å². The number of fused-ring (bicyclic) bond motifs is 1. The first-order chi connectivity index (χ1) is 10.0. The number of nitrogens with one attached hydrogen (secondary N) is 1. The molecule has 1 N–H and O–H groups in total. The SMILES string of the molecule is CC(C)(C)NCc1cnnn1-c1cccc2ncccc12. The van der Waals surface area contributed by atoms with E-state index < -0.39 is 0 Å². The van der Waals surface area contributed by atoms with Gasteiger partial charge < -0.3 is 5.32 Å². The third-order valence-corrected chi connectivity index (χ3v) is 3.27. The van der Waals surface area contributed by atoms with Gasteiger partial charge in [-0.1, -0.05) is 11.3 Å². The van der Waals surface area contributed by atoms with E-state index in [9.17, 15) is 0 Å². The van der Waals surface area contributed by atoms with Crippen LogP contribution in [-0.2, 0) is 6.54 Å². The van der Waals surface area contributed by atoms with Crippen LogP contribution in [0.25, 0.3) is 16.6 Å². The molecule has 0 unspecified atom stereocenters. The largest absolute Gasteiger partial charge is 0.306 e. The zero-order valence-electron chi connectivity index (χ0n) is 12.5. The van der Waals surface area contributed by atoms with E-state index in [1.165, 1.54) is 0 Å². The fraction of sp³-hybridized carbons (Fsp3) is 0.312. The van der Waals surface area contributed by atoms with Gasteiger partial charge in [-0.25, -0.2) is 4.68 Å². The van der Waals surface area contributed by atoms with E-state index in [4.69, 9.17) is 0 Å². The molecule has 0 spiro atoms. The molecule has 3 rings (SSSR count). The first kappa shape index (κ1) is 13.7. The summed E-state index contributed by atoms with van der Waals surface area (Å²) in [6, 6.07) is 10.0. The summed E-state index contributed by atoms with van der Waals surface area (Å²) in [4.78, 5) is 4.39. The van der Waals surface area contributed by atoms with Gasteiger partial charge in [0.1, 0.15) is 0 Å². The molecule has 0 radical (unpaired) electrons. The van der Waals surface area contributed by atoms with Crippen molar-refractivity contribution in [1.29, 1.82) is 0 Å². The zero-order valence-corrected chi connectivity index (χ0v) is 12.5. The van der Waals surface area contributed by atoms with Crippen LogP contribution in [0, 0.1) is 0 Å². The van der Waals surface area contributed by atoms with Crippen molar-refractivity contribution in [3.05, 3.63) is 48.4 Å². The van der Waals surface area contributed by atoms with Gasteiger partial charge in [-0.3, -0.25) is 4.98 Å². The number of rotatable bonds is 3. The molecule has 2 heterocycles. The molecule has 108 valence electrons. The summed E-state index contributed by atoms with van der Waals surface area (Å²) in [7, 11) is 0. The third-order valence-electron chi connectivity index (χ3n) is 3.27. The molecule has 0 saturated carbocycles. The van der Waals surface area contributed by atoms with Crippen LogP contribution in [0.5, 0.6) is 0 Å². The van der Waals surface area contributed by atoms with Crippen LogP contribution >= 0.6 is 0 Å². The van der Waals surface area contributed by atoms with Crippen molar-refractivity contribution in [2.24, 2.45) is 0 Å². The summed E-state index contributed by atoms with van der Waals surface area (Å²) in [6.45, 7) is 7.14. The quantitative estimate of drug-likeness (QED) is 0.802. The molecule has 0 atom stereocenters. The Labute approximate surface area is 124 Å². The highest BCUT2D eigenvalue weighted by Gasteiger charge is 2.13. The number of pyridine rings is 1. The minimum Gasteiger partial charge on any atom is -0.306 e. The second-order valence-electron chi connectivity index (χ2n) is 6.09. The molecule has 5 heteroatoms. The van der Waals surface area contributed by atoms with E-state index in [1.807, 2.05) is 28.9 Å². The molecule has 5 nitrogen and oxygen atoms in total. The Hall–Kier alpha value is -2.27. The topological polar surface area (TPSA) is 55.6 Å². The maximum Gasteiger partial charge on any atom is 0.0784 e. The average molecular weight is 281 g/mol. The van der Waals surface area contributed by atoms with Gasteiger partial charge in [-0.15, -0.1) is 5.10 Å². The monoisotopic (exact) mass is 281 g/mol. The van der Waals surface area contributed by atoms with Gasteiger partial charge in [0.25, 0.3) is 0 Å². The van der Waals surface area contributed by atoms with E-state index in [1.54, 1.807) is 12.4 Å². The maximum absolute atomic E-state index is 4.39. The molecule has 0 fully saturated rings. The summed E-state index contributed by atoms with van der Waals surface area (Å²) < 4.78 is 1.88. The number of hydrogen-bond acceptors (Lipinski definition) is 4. The first-order valence-electron chi connectivity index (χ1n) is 7.03. The molecule has 3 aromatic rings. The van der Waals surface area contributed by atoms with Gasteiger partial charge in [0.15, 0.2) is 0 Å². The Bertz CT molecular complexity index is 749. The molecule has 0 bridgehead atoms. The highest BCUT2D eigenvalue weighted by molar-refractivity contribution is 5.86. The summed E-state index contributed by atoms with van der Waals surface area (Å²) in [5, 5.41) is 12.8. The highest BCUT2D eigenvalue weighted by atomic mass is 15.4. The Kier molecular flexibility index (Phi) is 3.43. The van der Waals surface area contributed by atoms with Crippen LogP contribution in [0.15, 0.2) is 42.7 Å². The van der Waals surface area contributed by atoms with Crippen LogP contribution in [-0.4, -0.2) is 25.5 Å². The number of aromatic nitrogens is 4. The van der Waals surface area contributed by atoms with E-state index in [-0.39, 0.29) is 5.54 Å². The summed E-state index contributed by atoms with van der Waals surface area (Å²) >= 11 is 0. The van der Waals surface area contributed by atoms with Crippen LogP contribution in [0.4, 0.5) is 0 Å². The van der Waals surface area contributed by atoms with Gasteiger partial charge in [0.2, 0.25) is 0 Å². The average Bonchev–Trinajstić information content (AvgIpc) is 2.92. The molecular weight excluding hydrogens is 262 g/mol. The lowest BCUT2D eigenvalue weighted by molar-refractivity contribution is 0.418. The van der Waals surface area contributed by atoms with Gasteiger partial charge in [0, 0.05) is 23.7 Å². The van der Waals surface area contributed by atoms with Crippen molar-refractivity contribution in [3.63, 3.8) is 0 Å². The smallest absolute Gasteiger partial charge is 0.0784 e. The van der Waals surface area contributed by atoms with Crippen LogP contribution in [0.3, 0.4) is 0 Å². The molecule has 0 amide bonds. The minimum absolute atomic E-state index is 0.0510. The summed E-state index contributed by atoms with van der Waals surface area (Å²) in [5.41, 5.74) is 3.04. The van der Waals surface area contributed by atoms with Crippen molar-refractivity contribution < 1.29 is 0 Å². The maximum atomic E-state index is 4.39. The van der Waals surface area contributed by atoms with Crippen molar-refractivity contribution in [2.75, 3.05) is 0 Å². The van der Waals surface area contributed by atoms with Gasteiger partial charge >= 0.3 is 0 Å². The molecule has 21 heavy (non-hydrogen) atoms. The molecule has 1 aromatic carbocycles. The Morgan fingerprint density at radius 2 is 2.00 bits per heavy atom. The Morgan fingerprint density at radius 3 is 2.81 bits per heavy atom. The zero-order chi connectivity index (χ0) is 14.9. The second-order valence-corrected chi connectivity index (χ2v) is 6.09. The molecule has 0 aliphatic carbocycles. The molecule has 0 saturated heterocycles. The standard InChI is InChI=1S/C16H19N5/c1-16(2,3)18-10-12-11-19-20-21(12)15-8-4-7-14-13(15)6-5-9-17-14/h4-9,11,18H,10H2,1-3H3. The molecule has 2 aromatic heterocycles. The van der Waals surface area contributed by atoms with E-state index >= 15 is 0 Å². The summed E-state index contributed by atoms with van der Waals surface area (Å²) in [5.74, 6) is 0. The number of benzene rings is 1. The lowest BCUT2D eigenvalue weighted by Gasteiger charge is -2.20. The van der Waals surface area contributed by atoms with Crippen molar-refractivity contribution in [3.8, 4) is 5.69 Å². The summed E-state index contributed by atoms with van der Waals surface area (Å²) in [6.07, 6.45) is 3.60. The third kappa shape index (κ3) is 2.92. The van der Waals surface area contributed by atoms with Gasteiger partial charge in [0.05, 0.1) is 23.1 Å². The predicted octanol–water partition coefficient (Wildman–Crippen LogP) is 2.70. The fourth-order valence-electron chi connectivity index (χ4n) is 2.21. The van der Waals surface area contributed by atoms with Crippen molar-refractivity contribution >= 4 is 10.9 Å². The molecular formula is C16H19N5. The van der Waals surface area contributed by atoms with Crippen LogP contribution in [0.1, 0.15) is 26.5 Å². The lowest BCUT2D eigenvalue weighted by Crippen LogP contribution is -2.35. The normalized spacial score (nSPS) is 12.0. The predicted molar refractivity (Wildman–Crippen MR) is 83.3 cm³/mol. The first-order valence-corrected chi connectivity index (χ1v) is 7.03. The van der Waals surface area contributed by atoms with Crippen molar-refractivity contribution in [1.82, 2.24) is 25.3 Å². The van der Waals surface area contributed by atoms with E-state index in [2.05, 4.69) is 47.5 Å².